The van der Waals surface area contributed by atoms with Crippen molar-refractivity contribution in [2.24, 2.45) is 0 Å². The van der Waals surface area contributed by atoms with Gasteiger partial charge in [-0.05, 0) is 74.3 Å². The molecule has 5 heterocycles. The summed E-state index contributed by atoms with van der Waals surface area (Å²) < 4.78 is 24.8. The number of benzene rings is 1. The first-order valence-corrected chi connectivity index (χ1v) is 17.9. The van der Waals surface area contributed by atoms with E-state index in [2.05, 4.69) is 43.0 Å². The van der Waals surface area contributed by atoms with Crippen molar-refractivity contribution in [2.75, 3.05) is 32.8 Å². The van der Waals surface area contributed by atoms with Crippen LogP contribution in [0.15, 0.2) is 76.1 Å². The van der Waals surface area contributed by atoms with Gasteiger partial charge in [-0.1, -0.05) is 30.4 Å². The third kappa shape index (κ3) is 6.49. The molecule has 1 N–H and O–H groups in total. The summed E-state index contributed by atoms with van der Waals surface area (Å²) in [7, 11) is 0. The molecule has 11 nitrogen and oxygen atoms in total. The summed E-state index contributed by atoms with van der Waals surface area (Å²) in [6.07, 6.45) is 15.7. The Labute approximate surface area is 289 Å². The normalized spacial score (nSPS) is 22.7. The fourth-order valence-electron chi connectivity index (χ4n) is 7.94. The molecule has 2 fully saturated rings. The number of ether oxygens (including phenoxy) is 1. The Balaban J connectivity index is 1.03. The lowest BCUT2D eigenvalue weighted by Crippen LogP contribution is -2.45. The van der Waals surface area contributed by atoms with Crippen molar-refractivity contribution in [3.63, 3.8) is 0 Å². The van der Waals surface area contributed by atoms with E-state index in [1.165, 1.54) is 20.8 Å². The van der Waals surface area contributed by atoms with Crippen molar-refractivity contribution in [3.05, 3.63) is 110 Å². The zero-order valence-corrected chi connectivity index (χ0v) is 28.1. The summed E-state index contributed by atoms with van der Waals surface area (Å²) >= 11 is 0. The molecule has 0 spiro atoms. The molecule has 0 bridgehead atoms. The molecule has 1 atom stereocenters. The zero-order valence-electron chi connectivity index (χ0n) is 28.1. The minimum atomic E-state index is -0.639. The van der Waals surface area contributed by atoms with Gasteiger partial charge >= 0.3 is 5.69 Å². The minimum Gasteiger partial charge on any atom is -0.379 e. The maximum Gasteiger partial charge on any atom is 0.337 e. The summed E-state index contributed by atoms with van der Waals surface area (Å²) in [5.74, 6) is 0.243. The van der Waals surface area contributed by atoms with Crippen molar-refractivity contribution >= 4 is 16.9 Å². The SMILES string of the molecule is O=C(NC1CCC(n2c(=O)c3cc(F)cnc3n(-c3cccc(C4C=CC(CN5CCOCC5)=CC4)c3)c2=O)CC1)c1cn2c(n1)CCCC2. The largest absolute Gasteiger partial charge is 0.379 e. The summed E-state index contributed by atoms with van der Waals surface area (Å²) in [6.45, 7) is 5.19. The van der Waals surface area contributed by atoms with Gasteiger partial charge in [-0.2, -0.15) is 0 Å². The summed E-state index contributed by atoms with van der Waals surface area (Å²) in [6, 6.07) is 8.42. The lowest BCUT2D eigenvalue weighted by molar-refractivity contribution is 0.0425. The second-order valence-electron chi connectivity index (χ2n) is 14.0. The van der Waals surface area contributed by atoms with Gasteiger partial charge in [0, 0.05) is 56.8 Å². The predicted molar refractivity (Wildman–Crippen MR) is 187 cm³/mol. The van der Waals surface area contributed by atoms with Gasteiger partial charge in [0.2, 0.25) is 0 Å². The smallest absolute Gasteiger partial charge is 0.337 e. The van der Waals surface area contributed by atoms with Gasteiger partial charge < -0.3 is 14.6 Å². The van der Waals surface area contributed by atoms with Crippen LogP contribution in [-0.2, 0) is 17.7 Å². The molecule has 2 aliphatic heterocycles. The molecule has 0 radical (unpaired) electrons. The Morgan fingerprint density at radius 2 is 1.88 bits per heavy atom. The molecule has 12 heteroatoms. The van der Waals surface area contributed by atoms with E-state index in [1.807, 2.05) is 30.5 Å². The molecule has 3 aromatic heterocycles. The van der Waals surface area contributed by atoms with Crippen LogP contribution in [-0.4, -0.2) is 73.4 Å². The summed E-state index contributed by atoms with van der Waals surface area (Å²) in [4.78, 5) is 52.4. The maximum atomic E-state index is 14.5. The van der Waals surface area contributed by atoms with Crippen molar-refractivity contribution in [2.45, 2.75) is 75.9 Å². The molecule has 1 saturated carbocycles. The maximum absolute atomic E-state index is 14.5. The van der Waals surface area contributed by atoms with Crippen molar-refractivity contribution < 1.29 is 13.9 Å². The van der Waals surface area contributed by atoms with Crippen LogP contribution in [0.5, 0.6) is 0 Å². The molecule has 2 aliphatic carbocycles. The highest BCUT2D eigenvalue weighted by Gasteiger charge is 2.29. The molecular formula is C38H42FN7O4. The van der Waals surface area contributed by atoms with E-state index in [1.54, 1.807) is 0 Å². The van der Waals surface area contributed by atoms with Gasteiger partial charge in [0.05, 0.1) is 30.5 Å². The molecular weight excluding hydrogens is 637 g/mol. The van der Waals surface area contributed by atoms with Gasteiger partial charge in [0.25, 0.3) is 11.5 Å². The summed E-state index contributed by atoms with van der Waals surface area (Å²) in [5, 5.41) is 3.18. The first-order valence-electron chi connectivity index (χ1n) is 17.9. The number of halogens is 1. The first kappa shape index (κ1) is 32.5. The molecule has 4 aliphatic rings. The predicted octanol–water partition coefficient (Wildman–Crippen LogP) is 4.44. The van der Waals surface area contributed by atoms with Gasteiger partial charge in [-0.3, -0.25) is 19.1 Å². The lowest BCUT2D eigenvalue weighted by atomic mass is 9.89. The zero-order chi connectivity index (χ0) is 34.2. The quantitative estimate of drug-likeness (QED) is 0.307. The number of aromatic nitrogens is 5. The van der Waals surface area contributed by atoms with Crippen LogP contribution in [0.1, 0.15) is 78.8 Å². The Morgan fingerprint density at radius 3 is 2.66 bits per heavy atom. The Hall–Kier alpha value is -4.68. The highest BCUT2D eigenvalue weighted by molar-refractivity contribution is 5.92. The number of hydrogen-bond donors (Lipinski definition) is 1. The first-order chi connectivity index (χ1) is 24.4. The Morgan fingerprint density at radius 1 is 1.04 bits per heavy atom. The van der Waals surface area contributed by atoms with Crippen LogP contribution in [0.4, 0.5) is 4.39 Å². The van der Waals surface area contributed by atoms with Gasteiger partial charge in [-0.25, -0.2) is 23.7 Å². The van der Waals surface area contributed by atoms with Crippen LogP contribution >= 0.6 is 0 Å². The van der Waals surface area contributed by atoms with E-state index < -0.39 is 23.1 Å². The average Bonchev–Trinajstić information content (AvgIpc) is 3.59. The van der Waals surface area contributed by atoms with Crippen LogP contribution in [0.25, 0.3) is 16.7 Å². The van der Waals surface area contributed by atoms with E-state index >= 15 is 0 Å². The standard InChI is InChI=1S/C38H42FN7O4/c39-28-21-32-35(40-22-28)45(31-5-3-4-27(20-31)26-9-7-25(8-10-26)23-43-16-18-50-19-17-43)38(49)46(37(32)48)30-13-11-29(12-14-30)41-36(47)33-24-44-15-2-1-6-34(44)42-33/h3-5,7-9,20-22,24,26,29-30H,1-2,6,10-19,23H2,(H,41,47). The molecule has 50 heavy (non-hydrogen) atoms. The number of aryl methyl sites for hydroxylation is 2. The minimum absolute atomic E-state index is 0.0578. The third-order valence-electron chi connectivity index (χ3n) is 10.7. The number of imidazole rings is 1. The van der Waals surface area contributed by atoms with Crippen molar-refractivity contribution in [1.82, 2.24) is 33.9 Å². The van der Waals surface area contributed by atoms with E-state index in [4.69, 9.17) is 4.74 Å². The van der Waals surface area contributed by atoms with Crippen LogP contribution in [0, 0.1) is 5.82 Å². The second kappa shape index (κ2) is 13.9. The molecule has 8 rings (SSSR count). The highest BCUT2D eigenvalue weighted by atomic mass is 19.1. The number of hydrogen-bond acceptors (Lipinski definition) is 7. The van der Waals surface area contributed by atoms with Crippen molar-refractivity contribution in [1.29, 1.82) is 0 Å². The number of nitrogens with zero attached hydrogens (tertiary/aromatic N) is 6. The number of allylic oxidation sites excluding steroid dienone is 2. The topological polar surface area (TPSA) is 116 Å². The Bertz CT molecular complexity index is 2080. The molecule has 1 amide bonds. The van der Waals surface area contributed by atoms with Crippen molar-refractivity contribution in [3.8, 4) is 5.69 Å². The number of fused-ring (bicyclic) bond motifs is 2. The van der Waals surface area contributed by atoms with E-state index in [0.717, 1.165) is 82.7 Å². The Kier molecular flexibility index (Phi) is 9.05. The lowest BCUT2D eigenvalue weighted by Gasteiger charge is -2.30. The second-order valence-corrected chi connectivity index (χ2v) is 14.0. The van der Waals surface area contributed by atoms with Gasteiger partial charge in [0.15, 0.2) is 5.65 Å². The number of pyridine rings is 1. The number of morpholine rings is 1. The average molecular weight is 680 g/mol. The van der Waals surface area contributed by atoms with Crippen LogP contribution in [0.3, 0.4) is 0 Å². The third-order valence-corrected chi connectivity index (χ3v) is 10.7. The molecule has 1 aromatic carbocycles. The molecule has 1 saturated heterocycles. The van der Waals surface area contributed by atoms with Crippen LogP contribution in [0.2, 0.25) is 0 Å². The van der Waals surface area contributed by atoms with E-state index in [-0.39, 0.29) is 28.9 Å². The fourth-order valence-corrected chi connectivity index (χ4v) is 7.94. The number of amides is 1. The van der Waals surface area contributed by atoms with E-state index in [0.29, 0.717) is 37.1 Å². The summed E-state index contributed by atoms with van der Waals surface area (Å²) in [5.41, 5.74) is 2.42. The monoisotopic (exact) mass is 679 g/mol. The van der Waals surface area contributed by atoms with Gasteiger partial charge in [0.1, 0.15) is 17.3 Å². The van der Waals surface area contributed by atoms with E-state index in [9.17, 15) is 18.8 Å². The number of nitrogens with one attached hydrogen (secondary N) is 1. The number of carbonyl (C=O) groups excluding carboxylic acids is 1. The number of rotatable bonds is 7. The molecule has 1 unspecified atom stereocenters. The number of carbonyl (C=O) groups is 1. The highest BCUT2D eigenvalue weighted by Crippen LogP contribution is 2.30. The van der Waals surface area contributed by atoms with Gasteiger partial charge in [-0.15, -0.1) is 0 Å². The van der Waals surface area contributed by atoms with Crippen LogP contribution < -0.4 is 16.6 Å². The molecule has 260 valence electrons. The fraction of sp³-hybridized carbons (Fsp3) is 0.447. The molecule has 4 aromatic rings.